The number of hydrogen-bond acceptors (Lipinski definition) is 12. The minimum atomic E-state index is -1.46. The van der Waals surface area contributed by atoms with Crippen molar-refractivity contribution in [1.82, 2.24) is 9.55 Å². The lowest BCUT2D eigenvalue weighted by atomic mass is 9.95. The van der Waals surface area contributed by atoms with E-state index in [9.17, 15) is 29.3 Å². The number of ether oxygens (including phenoxy) is 5. The molecule has 0 aromatic carbocycles. The van der Waals surface area contributed by atoms with Gasteiger partial charge < -0.3 is 33.8 Å². The van der Waals surface area contributed by atoms with E-state index in [-0.39, 0.29) is 5.82 Å². The lowest BCUT2D eigenvalue weighted by Gasteiger charge is -2.44. The summed E-state index contributed by atoms with van der Waals surface area (Å²) in [6.45, 7) is 5.47. The van der Waals surface area contributed by atoms with E-state index in [0.717, 1.165) is 33.9 Å². The first-order valence-corrected chi connectivity index (χ1v) is 9.41. The molecule has 2 heterocycles. The van der Waals surface area contributed by atoms with Gasteiger partial charge in [-0.05, 0) is 9.91 Å². The third kappa shape index (κ3) is 6.00. The average Bonchev–Trinajstić information content (AvgIpc) is 3.03. The Labute approximate surface area is 181 Å². The van der Waals surface area contributed by atoms with Gasteiger partial charge in [-0.15, -0.1) is 0 Å². The Hall–Kier alpha value is -3.55. The lowest BCUT2D eigenvalue weighted by molar-refractivity contribution is -0.389. The second-order valence-corrected chi connectivity index (χ2v) is 6.90. The van der Waals surface area contributed by atoms with Crippen LogP contribution in [0.25, 0.3) is 0 Å². The summed E-state index contributed by atoms with van der Waals surface area (Å²) in [5, 5.41) is 11.2. The molecule has 2 rings (SSSR count). The summed E-state index contributed by atoms with van der Waals surface area (Å²) in [7, 11) is 0. The molecule has 1 aromatic rings. The highest BCUT2D eigenvalue weighted by Crippen LogP contribution is 2.36. The SMILES string of the molecule is CC(=O)OC[C@H]1O[C@H](OC(C)=O)[C@H](n2cc([N+](=O)[O-])nc2C)[C@@H](OC(C)=O)[C@H]1OC(C)=O. The fourth-order valence-electron chi connectivity index (χ4n) is 3.30. The Balaban J connectivity index is 2.62. The third-order valence-corrected chi connectivity index (χ3v) is 4.36. The third-order valence-electron chi connectivity index (χ3n) is 4.36. The first-order chi connectivity index (χ1) is 14.9. The Morgan fingerprint density at radius 3 is 2.06 bits per heavy atom. The van der Waals surface area contributed by atoms with Crippen LogP contribution in [0.5, 0.6) is 0 Å². The number of carbonyl (C=O) groups excluding carboxylic acids is 4. The number of nitro groups is 1. The first-order valence-electron chi connectivity index (χ1n) is 9.41. The number of aromatic nitrogens is 2. The molecule has 14 heteroatoms. The summed E-state index contributed by atoms with van der Waals surface area (Å²) < 4.78 is 27.9. The molecule has 0 spiro atoms. The van der Waals surface area contributed by atoms with Crippen LogP contribution >= 0.6 is 0 Å². The predicted octanol–water partition coefficient (Wildman–Crippen LogP) is 0.355. The highest BCUT2D eigenvalue weighted by atomic mass is 16.7. The van der Waals surface area contributed by atoms with Crippen molar-refractivity contribution in [3.8, 4) is 0 Å². The van der Waals surface area contributed by atoms with Crippen molar-refractivity contribution in [2.75, 3.05) is 6.61 Å². The Morgan fingerprint density at radius 1 is 1.03 bits per heavy atom. The van der Waals surface area contributed by atoms with Gasteiger partial charge in [-0.1, -0.05) is 0 Å². The van der Waals surface area contributed by atoms with Crippen LogP contribution in [-0.4, -0.2) is 69.6 Å². The van der Waals surface area contributed by atoms with Gasteiger partial charge in [-0.25, -0.2) is 0 Å². The summed E-state index contributed by atoms with van der Waals surface area (Å²) in [4.78, 5) is 61.0. The van der Waals surface area contributed by atoms with E-state index in [1.807, 2.05) is 0 Å². The largest absolute Gasteiger partial charge is 0.463 e. The van der Waals surface area contributed by atoms with E-state index in [4.69, 9.17) is 23.7 Å². The molecule has 32 heavy (non-hydrogen) atoms. The van der Waals surface area contributed by atoms with Crippen LogP contribution in [0.3, 0.4) is 0 Å². The number of carbonyl (C=O) groups is 4. The normalized spacial score (nSPS) is 24.8. The van der Waals surface area contributed by atoms with Crippen LogP contribution < -0.4 is 0 Å². The quantitative estimate of drug-likeness (QED) is 0.238. The standard InChI is InChI=1S/C18H23N3O11/c1-8-19-14(21(26)27)6-20(8)15-17(30-11(4)24)16(29-10(3)23)13(7-28-9(2)22)32-18(15)31-12(5)25/h6,13,15-18H,7H2,1-5H3/t13-,15-,16+,17-,18+/m1/s1. The molecule has 176 valence electrons. The van der Waals surface area contributed by atoms with Crippen molar-refractivity contribution < 1.29 is 47.8 Å². The number of aryl methyl sites for hydroxylation is 1. The van der Waals surface area contributed by atoms with E-state index in [1.165, 1.54) is 11.5 Å². The van der Waals surface area contributed by atoms with Crippen molar-refractivity contribution >= 4 is 29.7 Å². The highest BCUT2D eigenvalue weighted by molar-refractivity contribution is 5.68. The fraction of sp³-hybridized carbons (Fsp3) is 0.611. The fourth-order valence-corrected chi connectivity index (χ4v) is 3.30. The summed E-state index contributed by atoms with van der Waals surface area (Å²) in [5.74, 6) is -3.38. The van der Waals surface area contributed by atoms with Crippen molar-refractivity contribution in [2.24, 2.45) is 0 Å². The Bertz CT molecular complexity index is 912. The monoisotopic (exact) mass is 457 g/mol. The Kier molecular flexibility index (Phi) is 7.86. The van der Waals surface area contributed by atoms with Gasteiger partial charge >= 0.3 is 29.7 Å². The first kappa shape index (κ1) is 24.7. The average molecular weight is 457 g/mol. The van der Waals surface area contributed by atoms with Crippen molar-refractivity contribution in [3.63, 3.8) is 0 Å². The van der Waals surface area contributed by atoms with E-state index >= 15 is 0 Å². The maximum Gasteiger partial charge on any atom is 0.381 e. The molecule has 5 atom stereocenters. The summed E-state index contributed by atoms with van der Waals surface area (Å²) in [5.41, 5.74) is 0. The second kappa shape index (κ2) is 10.2. The predicted molar refractivity (Wildman–Crippen MR) is 101 cm³/mol. The number of rotatable bonds is 7. The van der Waals surface area contributed by atoms with Crippen LogP contribution in [0.2, 0.25) is 0 Å². The van der Waals surface area contributed by atoms with Gasteiger partial charge in [-0.2, -0.15) is 0 Å². The van der Waals surface area contributed by atoms with E-state index in [2.05, 4.69) is 4.98 Å². The molecule has 0 radical (unpaired) electrons. The van der Waals surface area contributed by atoms with Gasteiger partial charge in [0, 0.05) is 34.6 Å². The molecule has 0 aliphatic carbocycles. The topological polar surface area (TPSA) is 175 Å². The van der Waals surface area contributed by atoms with Gasteiger partial charge in [0.2, 0.25) is 12.1 Å². The number of imidazole rings is 1. The maximum atomic E-state index is 11.9. The molecule has 0 amide bonds. The van der Waals surface area contributed by atoms with Crippen molar-refractivity contribution in [3.05, 3.63) is 22.1 Å². The smallest absolute Gasteiger partial charge is 0.381 e. The second-order valence-electron chi connectivity index (χ2n) is 6.90. The van der Waals surface area contributed by atoms with Gasteiger partial charge in [-0.3, -0.25) is 23.7 Å². The number of esters is 4. The molecule has 1 aromatic heterocycles. The molecule has 1 aliphatic rings. The molecular formula is C18H23N3O11. The molecule has 1 aliphatic heterocycles. The number of nitrogens with zero attached hydrogens (tertiary/aromatic N) is 3. The zero-order valence-electron chi connectivity index (χ0n) is 18.0. The van der Waals surface area contributed by atoms with E-state index in [0.29, 0.717) is 0 Å². The minimum Gasteiger partial charge on any atom is -0.463 e. The molecule has 0 saturated carbocycles. The van der Waals surface area contributed by atoms with E-state index in [1.54, 1.807) is 0 Å². The van der Waals surface area contributed by atoms with Gasteiger partial charge in [0.1, 0.15) is 24.9 Å². The van der Waals surface area contributed by atoms with Crippen molar-refractivity contribution in [2.45, 2.75) is 65.3 Å². The zero-order valence-corrected chi connectivity index (χ0v) is 18.0. The molecule has 1 saturated heterocycles. The molecule has 14 nitrogen and oxygen atoms in total. The summed E-state index contributed by atoms with van der Waals surface area (Å²) >= 11 is 0. The number of hydrogen-bond donors (Lipinski definition) is 0. The molecule has 0 bridgehead atoms. The van der Waals surface area contributed by atoms with Crippen LogP contribution in [0.4, 0.5) is 5.82 Å². The molecule has 1 fully saturated rings. The lowest BCUT2D eigenvalue weighted by Crippen LogP contribution is -2.59. The summed E-state index contributed by atoms with van der Waals surface area (Å²) in [6, 6.07) is -1.22. The Morgan fingerprint density at radius 2 is 1.59 bits per heavy atom. The van der Waals surface area contributed by atoms with Gasteiger partial charge in [0.05, 0.1) is 0 Å². The van der Waals surface area contributed by atoms with Crippen LogP contribution in [0.1, 0.15) is 39.6 Å². The highest BCUT2D eigenvalue weighted by Gasteiger charge is 2.53. The zero-order chi connectivity index (χ0) is 24.2. The molecular weight excluding hydrogens is 434 g/mol. The van der Waals surface area contributed by atoms with Crippen LogP contribution in [-0.2, 0) is 42.9 Å². The molecule has 0 N–H and O–H groups in total. The van der Waals surface area contributed by atoms with E-state index < -0.39 is 71.9 Å². The van der Waals surface area contributed by atoms with Crippen LogP contribution in [0, 0.1) is 17.0 Å². The van der Waals surface area contributed by atoms with Crippen LogP contribution in [0.15, 0.2) is 6.20 Å². The minimum absolute atomic E-state index is 0.111. The maximum absolute atomic E-state index is 11.9. The summed E-state index contributed by atoms with van der Waals surface area (Å²) in [6.07, 6.45) is -4.26. The van der Waals surface area contributed by atoms with Gasteiger partial charge in [0.25, 0.3) is 0 Å². The van der Waals surface area contributed by atoms with Gasteiger partial charge in [0.15, 0.2) is 12.2 Å². The molecule has 0 unspecified atom stereocenters. The van der Waals surface area contributed by atoms with Crippen molar-refractivity contribution in [1.29, 1.82) is 0 Å².